The molecule has 0 fully saturated rings. The maximum atomic E-state index is 5.33. The van der Waals surface area contributed by atoms with E-state index in [9.17, 15) is 0 Å². The number of hydrogen-bond acceptors (Lipinski definition) is 5. The Morgan fingerprint density at radius 3 is 2.67 bits per heavy atom. The minimum absolute atomic E-state index is 0.322. The van der Waals surface area contributed by atoms with E-state index in [-0.39, 0.29) is 0 Å². The normalized spacial score (nSPS) is 10.2. The minimum Gasteiger partial charge on any atom is -0.464 e. The van der Waals surface area contributed by atoms with Crippen LogP contribution in [-0.2, 0) is 0 Å². The molecule has 0 spiro atoms. The fourth-order valence-corrected chi connectivity index (χ4v) is 1.89. The summed E-state index contributed by atoms with van der Waals surface area (Å²) in [6.07, 6.45) is 0. The first-order chi connectivity index (χ1) is 8.74. The molecular weight excluding hydrogens is 296 g/mol. The Kier molecular flexibility index (Phi) is 4.09. The van der Waals surface area contributed by atoms with E-state index in [1.807, 2.05) is 31.2 Å². The molecule has 0 aliphatic heterocycles. The van der Waals surface area contributed by atoms with Gasteiger partial charge in [-0.1, -0.05) is 34.1 Å². The third-order valence-corrected chi connectivity index (χ3v) is 2.92. The summed E-state index contributed by atoms with van der Waals surface area (Å²) < 4.78 is 6.26. The second-order valence-electron chi connectivity index (χ2n) is 3.43. The molecule has 1 N–H and O–H groups in total. The van der Waals surface area contributed by atoms with Crippen LogP contribution in [0.2, 0.25) is 0 Å². The lowest BCUT2D eigenvalue weighted by Crippen LogP contribution is -2.05. The van der Waals surface area contributed by atoms with Gasteiger partial charge in [0.25, 0.3) is 0 Å². The molecule has 6 heteroatoms. The van der Waals surface area contributed by atoms with Gasteiger partial charge >= 0.3 is 6.01 Å². The van der Waals surface area contributed by atoms with E-state index in [1.54, 1.807) is 7.05 Å². The Morgan fingerprint density at radius 2 is 2.00 bits per heavy atom. The van der Waals surface area contributed by atoms with Crippen molar-refractivity contribution in [1.29, 1.82) is 0 Å². The van der Waals surface area contributed by atoms with Crippen molar-refractivity contribution in [3.63, 3.8) is 0 Å². The van der Waals surface area contributed by atoms with E-state index >= 15 is 0 Å². The topological polar surface area (TPSA) is 59.9 Å². The zero-order chi connectivity index (χ0) is 13.0. The largest absolute Gasteiger partial charge is 0.464 e. The van der Waals surface area contributed by atoms with Gasteiger partial charge < -0.3 is 10.1 Å². The second kappa shape index (κ2) is 5.77. The molecule has 18 heavy (non-hydrogen) atoms. The quantitative estimate of drug-likeness (QED) is 0.941. The number of nitrogens with zero attached hydrogens (tertiary/aromatic N) is 3. The van der Waals surface area contributed by atoms with Crippen LogP contribution in [0.5, 0.6) is 6.01 Å². The molecule has 1 aromatic heterocycles. The average Bonchev–Trinajstić information content (AvgIpc) is 2.39. The van der Waals surface area contributed by atoms with E-state index < -0.39 is 0 Å². The van der Waals surface area contributed by atoms with Crippen LogP contribution in [0.1, 0.15) is 6.92 Å². The molecule has 1 heterocycles. The molecule has 0 saturated heterocycles. The van der Waals surface area contributed by atoms with Crippen LogP contribution in [0.25, 0.3) is 11.4 Å². The van der Waals surface area contributed by atoms with Crippen molar-refractivity contribution in [2.24, 2.45) is 0 Å². The monoisotopic (exact) mass is 308 g/mol. The minimum atomic E-state index is 0.322. The van der Waals surface area contributed by atoms with Gasteiger partial charge in [-0.2, -0.15) is 15.0 Å². The highest BCUT2D eigenvalue weighted by atomic mass is 79.9. The zero-order valence-electron chi connectivity index (χ0n) is 10.1. The summed E-state index contributed by atoms with van der Waals surface area (Å²) in [5.74, 6) is 1.06. The lowest BCUT2D eigenvalue weighted by Gasteiger charge is -2.07. The highest BCUT2D eigenvalue weighted by Gasteiger charge is 2.10. The Balaban J connectivity index is 2.50. The molecule has 2 aromatic rings. The molecule has 0 aliphatic rings. The standard InChI is InChI=1S/C12H13BrN4O/c1-3-18-12-16-10(15-11(14-2)17-12)8-6-4-5-7-9(8)13/h4-7H,3H2,1-2H3,(H,14,15,16,17). The van der Waals surface area contributed by atoms with E-state index in [4.69, 9.17) is 4.74 Å². The Labute approximate surface area is 114 Å². The zero-order valence-corrected chi connectivity index (χ0v) is 11.7. The van der Waals surface area contributed by atoms with Crippen LogP contribution in [0.15, 0.2) is 28.7 Å². The first kappa shape index (κ1) is 12.8. The smallest absolute Gasteiger partial charge is 0.321 e. The highest BCUT2D eigenvalue weighted by molar-refractivity contribution is 9.10. The van der Waals surface area contributed by atoms with Crippen molar-refractivity contribution in [1.82, 2.24) is 15.0 Å². The van der Waals surface area contributed by atoms with Crippen molar-refractivity contribution >= 4 is 21.9 Å². The van der Waals surface area contributed by atoms with Gasteiger partial charge in [0.15, 0.2) is 5.82 Å². The summed E-state index contributed by atoms with van der Waals surface area (Å²) >= 11 is 3.48. The van der Waals surface area contributed by atoms with Crippen molar-refractivity contribution in [2.75, 3.05) is 19.0 Å². The summed E-state index contributed by atoms with van der Waals surface area (Å²) in [6, 6.07) is 8.08. The van der Waals surface area contributed by atoms with Gasteiger partial charge in [0.2, 0.25) is 5.95 Å². The number of hydrogen-bond donors (Lipinski definition) is 1. The van der Waals surface area contributed by atoms with Crippen molar-refractivity contribution in [2.45, 2.75) is 6.92 Å². The molecule has 0 bridgehead atoms. The van der Waals surface area contributed by atoms with E-state index in [2.05, 4.69) is 36.2 Å². The molecular formula is C12H13BrN4O. The van der Waals surface area contributed by atoms with Gasteiger partial charge in [0.05, 0.1) is 6.61 Å². The van der Waals surface area contributed by atoms with E-state index in [0.29, 0.717) is 24.4 Å². The summed E-state index contributed by atoms with van der Waals surface area (Å²) in [5.41, 5.74) is 0.900. The first-order valence-corrected chi connectivity index (χ1v) is 6.35. The van der Waals surface area contributed by atoms with Gasteiger partial charge in [0, 0.05) is 17.1 Å². The molecule has 0 saturated carbocycles. The van der Waals surface area contributed by atoms with Gasteiger partial charge in [0.1, 0.15) is 0 Å². The summed E-state index contributed by atoms with van der Waals surface area (Å²) in [6.45, 7) is 2.41. The molecule has 0 unspecified atom stereocenters. The maximum Gasteiger partial charge on any atom is 0.321 e. The second-order valence-corrected chi connectivity index (χ2v) is 4.28. The predicted molar refractivity (Wildman–Crippen MR) is 73.7 cm³/mol. The van der Waals surface area contributed by atoms with Crippen LogP contribution in [-0.4, -0.2) is 28.6 Å². The number of anilines is 1. The Hall–Kier alpha value is -1.69. The first-order valence-electron chi connectivity index (χ1n) is 5.56. The molecule has 5 nitrogen and oxygen atoms in total. The summed E-state index contributed by atoms with van der Waals surface area (Å²) in [4.78, 5) is 12.7. The summed E-state index contributed by atoms with van der Waals surface area (Å²) in [5, 5.41) is 2.90. The summed E-state index contributed by atoms with van der Waals surface area (Å²) in [7, 11) is 1.76. The number of aromatic nitrogens is 3. The van der Waals surface area contributed by atoms with E-state index in [0.717, 1.165) is 10.0 Å². The van der Waals surface area contributed by atoms with Crippen molar-refractivity contribution in [3.05, 3.63) is 28.7 Å². The van der Waals surface area contributed by atoms with Gasteiger partial charge in [-0.05, 0) is 13.0 Å². The molecule has 1 aromatic carbocycles. The number of ether oxygens (including phenoxy) is 1. The lowest BCUT2D eigenvalue weighted by atomic mass is 10.2. The lowest BCUT2D eigenvalue weighted by molar-refractivity contribution is 0.312. The number of nitrogens with one attached hydrogen (secondary N) is 1. The van der Waals surface area contributed by atoms with Crippen LogP contribution >= 0.6 is 15.9 Å². The van der Waals surface area contributed by atoms with Gasteiger partial charge in [-0.15, -0.1) is 0 Å². The Bertz CT molecular complexity index is 547. The molecule has 0 atom stereocenters. The maximum absolute atomic E-state index is 5.33. The average molecular weight is 309 g/mol. The SMILES string of the molecule is CCOc1nc(NC)nc(-c2ccccc2Br)n1. The third-order valence-electron chi connectivity index (χ3n) is 2.23. The molecule has 0 amide bonds. The van der Waals surface area contributed by atoms with Crippen molar-refractivity contribution in [3.8, 4) is 17.4 Å². The van der Waals surface area contributed by atoms with Crippen molar-refractivity contribution < 1.29 is 4.74 Å². The van der Waals surface area contributed by atoms with E-state index in [1.165, 1.54) is 0 Å². The predicted octanol–water partition coefficient (Wildman–Crippen LogP) is 2.74. The molecule has 94 valence electrons. The molecule has 2 rings (SSSR count). The van der Waals surface area contributed by atoms with Crippen LogP contribution < -0.4 is 10.1 Å². The number of rotatable bonds is 4. The highest BCUT2D eigenvalue weighted by Crippen LogP contribution is 2.26. The molecule has 0 radical (unpaired) electrons. The fourth-order valence-electron chi connectivity index (χ4n) is 1.42. The van der Waals surface area contributed by atoms with Crippen LogP contribution in [0, 0.1) is 0 Å². The van der Waals surface area contributed by atoms with Crippen LogP contribution in [0.3, 0.4) is 0 Å². The molecule has 0 aliphatic carbocycles. The van der Waals surface area contributed by atoms with Crippen LogP contribution in [0.4, 0.5) is 5.95 Å². The van der Waals surface area contributed by atoms with Gasteiger partial charge in [-0.25, -0.2) is 0 Å². The Morgan fingerprint density at radius 1 is 1.22 bits per heavy atom. The van der Waals surface area contributed by atoms with Gasteiger partial charge in [-0.3, -0.25) is 0 Å². The third kappa shape index (κ3) is 2.76. The number of benzene rings is 1. The number of halogens is 1. The fraction of sp³-hybridized carbons (Fsp3) is 0.250.